The van der Waals surface area contributed by atoms with Crippen molar-refractivity contribution < 1.29 is 9.59 Å². The summed E-state index contributed by atoms with van der Waals surface area (Å²) in [5, 5.41) is 14.5. The Morgan fingerprint density at radius 2 is 1.78 bits per heavy atom. The van der Waals surface area contributed by atoms with Crippen molar-refractivity contribution in [3.05, 3.63) is 39.9 Å². The molecule has 1 heterocycles. The van der Waals surface area contributed by atoms with E-state index < -0.39 is 0 Å². The molecule has 0 aliphatic carbocycles. The molecule has 0 saturated carbocycles. The highest BCUT2D eigenvalue weighted by molar-refractivity contribution is 7.15. The average Bonchev–Trinajstić information content (AvgIpc) is 2.92. The quantitative estimate of drug-likeness (QED) is 0.881. The lowest BCUT2D eigenvalue weighted by Crippen LogP contribution is -2.32. The largest absolute Gasteiger partial charge is 0.343 e. The first kappa shape index (κ1) is 17.1. The van der Waals surface area contributed by atoms with Crippen LogP contribution in [0.25, 0.3) is 0 Å². The second-order valence-electron chi connectivity index (χ2n) is 5.71. The van der Waals surface area contributed by atoms with Gasteiger partial charge in [0.05, 0.1) is 6.54 Å². The van der Waals surface area contributed by atoms with Crippen LogP contribution >= 0.6 is 11.3 Å². The number of carbonyl (C=O) groups excluding carboxylic acids is 2. The summed E-state index contributed by atoms with van der Waals surface area (Å²) >= 11 is 1.34. The van der Waals surface area contributed by atoms with Gasteiger partial charge in [0.2, 0.25) is 11.0 Å². The summed E-state index contributed by atoms with van der Waals surface area (Å²) in [6.45, 7) is 7.77. The predicted molar refractivity (Wildman–Crippen MR) is 90.9 cm³/mol. The predicted octanol–water partition coefficient (Wildman–Crippen LogP) is 2.65. The highest BCUT2D eigenvalue weighted by Crippen LogP contribution is 2.22. The van der Waals surface area contributed by atoms with Crippen LogP contribution in [0, 0.1) is 13.8 Å². The van der Waals surface area contributed by atoms with Crippen molar-refractivity contribution in [1.29, 1.82) is 0 Å². The van der Waals surface area contributed by atoms with Crippen LogP contribution in [-0.4, -0.2) is 28.6 Å². The molecule has 1 aromatic heterocycles. The van der Waals surface area contributed by atoms with E-state index in [0.717, 1.165) is 16.1 Å². The van der Waals surface area contributed by atoms with E-state index in [9.17, 15) is 9.59 Å². The van der Waals surface area contributed by atoms with E-state index >= 15 is 0 Å². The smallest absolute Gasteiger partial charge is 0.251 e. The van der Waals surface area contributed by atoms with E-state index in [1.54, 1.807) is 12.1 Å². The van der Waals surface area contributed by atoms with Crippen LogP contribution in [0.3, 0.4) is 0 Å². The summed E-state index contributed by atoms with van der Waals surface area (Å²) in [4.78, 5) is 24.0. The molecule has 0 saturated heterocycles. The summed E-state index contributed by atoms with van der Waals surface area (Å²) in [5.74, 6) is -0.330. The Bertz CT molecular complexity index is 704. The highest BCUT2D eigenvalue weighted by atomic mass is 32.1. The number of aryl methyl sites for hydroxylation is 2. The Morgan fingerprint density at radius 1 is 1.13 bits per heavy atom. The number of amides is 2. The normalized spacial score (nSPS) is 10.7. The number of aromatic nitrogens is 2. The molecule has 2 rings (SSSR count). The van der Waals surface area contributed by atoms with E-state index in [1.165, 1.54) is 11.3 Å². The molecule has 0 unspecified atom stereocenters. The van der Waals surface area contributed by atoms with Crippen LogP contribution in [0.4, 0.5) is 5.13 Å². The van der Waals surface area contributed by atoms with Gasteiger partial charge >= 0.3 is 0 Å². The maximum Gasteiger partial charge on any atom is 0.251 e. The van der Waals surface area contributed by atoms with E-state index in [4.69, 9.17) is 0 Å². The third-order valence-corrected chi connectivity index (χ3v) is 4.21. The molecule has 2 aromatic rings. The van der Waals surface area contributed by atoms with Gasteiger partial charge in [-0.05, 0) is 26.0 Å². The molecule has 122 valence electrons. The third kappa shape index (κ3) is 4.85. The molecule has 2 amide bonds. The minimum absolute atomic E-state index is 0.109. The van der Waals surface area contributed by atoms with Crippen LogP contribution in [0.1, 0.15) is 46.3 Å². The molecule has 0 atom stereocenters. The third-order valence-electron chi connectivity index (χ3n) is 3.07. The number of hydrogen-bond donors (Lipinski definition) is 2. The topological polar surface area (TPSA) is 84.0 Å². The van der Waals surface area contributed by atoms with Crippen molar-refractivity contribution in [3.63, 3.8) is 0 Å². The summed E-state index contributed by atoms with van der Waals surface area (Å²) in [7, 11) is 0. The molecular formula is C16H20N4O2S. The van der Waals surface area contributed by atoms with E-state index in [1.807, 2.05) is 33.8 Å². The van der Waals surface area contributed by atoms with Crippen LogP contribution in [-0.2, 0) is 4.79 Å². The molecule has 23 heavy (non-hydrogen) atoms. The maximum atomic E-state index is 12.1. The van der Waals surface area contributed by atoms with Gasteiger partial charge in [-0.2, -0.15) is 0 Å². The first-order valence-corrected chi connectivity index (χ1v) is 8.16. The molecule has 0 aliphatic heterocycles. The fourth-order valence-electron chi connectivity index (χ4n) is 2.05. The zero-order chi connectivity index (χ0) is 17.0. The van der Waals surface area contributed by atoms with Gasteiger partial charge in [0.1, 0.15) is 5.01 Å². The lowest BCUT2D eigenvalue weighted by Gasteiger charge is -2.06. The number of benzene rings is 1. The molecule has 0 spiro atoms. The Labute approximate surface area is 139 Å². The van der Waals surface area contributed by atoms with Crippen LogP contribution in [0.2, 0.25) is 0 Å². The number of carbonyl (C=O) groups is 2. The van der Waals surface area contributed by atoms with Crippen molar-refractivity contribution in [2.24, 2.45) is 0 Å². The van der Waals surface area contributed by atoms with Gasteiger partial charge in [0.15, 0.2) is 0 Å². The zero-order valence-corrected chi connectivity index (χ0v) is 14.5. The molecular weight excluding hydrogens is 312 g/mol. The van der Waals surface area contributed by atoms with Crippen molar-refractivity contribution in [2.75, 3.05) is 11.9 Å². The Morgan fingerprint density at radius 3 is 2.35 bits per heavy atom. The molecule has 1 aromatic carbocycles. The summed E-state index contributed by atoms with van der Waals surface area (Å²) in [6.07, 6.45) is 0. The second kappa shape index (κ2) is 7.32. The molecule has 0 radical (unpaired) electrons. The minimum atomic E-state index is -0.325. The SMILES string of the molecule is Cc1cc(C)cc(C(=O)NCC(=O)Nc2nnc(C(C)C)s2)c1. The van der Waals surface area contributed by atoms with Crippen molar-refractivity contribution >= 4 is 28.3 Å². The Balaban J connectivity index is 1.89. The first-order chi connectivity index (χ1) is 10.8. The van der Waals surface area contributed by atoms with Crippen LogP contribution in [0.5, 0.6) is 0 Å². The standard InChI is InChI=1S/C16H20N4O2S/c1-9(2)15-19-20-16(23-15)18-13(21)8-17-14(22)12-6-10(3)5-11(4)7-12/h5-7,9H,8H2,1-4H3,(H,17,22)(H,18,20,21). The molecule has 0 aliphatic rings. The Hall–Kier alpha value is -2.28. The van der Waals surface area contributed by atoms with Crippen molar-refractivity contribution in [2.45, 2.75) is 33.6 Å². The van der Waals surface area contributed by atoms with E-state index in [-0.39, 0.29) is 24.3 Å². The fraction of sp³-hybridized carbons (Fsp3) is 0.375. The summed E-state index contributed by atoms with van der Waals surface area (Å²) in [5.41, 5.74) is 2.57. The van der Waals surface area contributed by atoms with E-state index in [2.05, 4.69) is 20.8 Å². The Kier molecular flexibility index (Phi) is 5.44. The van der Waals surface area contributed by atoms with Crippen molar-refractivity contribution in [3.8, 4) is 0 Å². The van der Waals surface area contributed by atoms with Crippen LogP contribution < -0.4 is 10.6 Å². The zero-order valence-electron chi connectivity index (χ0n) is 13.6. The van der Waals surface area contributed by atoms with Gasteiger partial charge in [0.25, 0.3) is 5.91 Å². The van der Waals surface area contributed by atoms with Gasteiger partial charge < -0.3 is 5.32 Å². The van der Waals surface area contributed by atoms with Gasteiger partial charge in [0, 0.05) is 11.5 Å². The first-order valence-electron chi connectivity index (χ1n) is 7.35. The van der Waals surface area contributed by atoms with Gasteiger partial charge in [-0.3, -0.25) is 14.9 Å². The number of hydrogen-bond acceptors (Lipinski definition) is 5. The fourth-order valence-corrected chi connectivity index (χ4v) is 2.81. The highest BCUT2D eigenvalue weighted by Gasteiger charge is 2.12. The second-order valence-corrected chi connectivity index (χ2v) is 6.72. The van der Waals surface area contributed by atoms with Crippen LogP contribution in [0.15, 0.2) is 18.2 Å². The molecule has 7 heteroatoms. The monoisotopic (exact) mass is 332 g/mol. The number of rotatable bonds is 5. The van der Waals surface area contributed by atoms with Gasteiger partial charge in [-0.15, -0.1) is 10.2 Å². The average molecular weight is 332 g/mol. The summed E-state index contributed by atoms with van der Waals surface area (Å²) < 4.78 is 0. The van der Waals surface area contributed by atoms with Gasteiger partial charge in [-0.1, -0.05) is 42.4 Å². The number of anilines is 1. The minimum Gasteiger partial charge on any atom is -0.343 e. The molecule has 2 N–H and O–H groups in total. The number of nitrogens with zero attached hydrogens (tertiary/aromatic N) is 2. The summed E-state index contributed by atoms with van der Waals surface area (Å²) in [6, 6.07) is 5.57. The number of nitrogens with one attached hydrogen (secondary N) is 2. The molecule has 0 fully saturated rings. The lowest BCUT2D eigenvalue weighted by molar-refractivity contribution is -0.115. The lowest BCUT2D eigenvalue weighted by atomic mass is 10.1. The van der Waals surface area contributed by atoms with Crippen molar-refractivity contribution in [1.82, 2.24) is 15.5 Å². The molecule has 0 bridgehead atoms. The maximum absolute atomic E-state index is 12.1. The molecule has 6 nitrogen and oxygen atoms in total. The van der Waals surface area contributed by atoms with E-state index in [0.29, 0.717) is 10.7 Å². The van der Waals surface area contributed by atoms with Gasteiger partial charge in [-0.25, -0.2) is 0 Å².